The Morgan fingerprint density at radius 1 is 1.31 bits per heavy atom. The summed E-state index contributed by atoms with van der Waals surface area (Å²) < 4.78 is 5.05. The number of rotatable bonds is 5. The molecule has 1 aromatic rings. The van der Waals surface area contributed by atoms with Crippen molar-refractivity contribution in [2.24, 2.45) is 0 Å². The van der Waals surface area contributed by atoms with Crippen molar-refractivity contribution >= 4 is 5.97 Å². The second-order valence-electron chi connectivity index (χ2n) is 3.72. The van der Waals surface area contributed by atoms with E-state index >= 15 is 0 Å². The highest BCUT2D eigenvalue weighted by molar-refractivity contribution is 5.72. The first-order valence-corrected chi connectivity index (χ1v) is 5.17. The molecule has 0 amide bonds. The highest BCUT2D eigenvalue weighted by atomic mass is 16.5. The average Bonchev–Trinajstić information content (AvgIpc) is 2.28. The zero-order chi connectivity index (χ0) is 12.1. The van der Waals surface area contributed by atoms with Gasteiger partial charge in [0.05, 0.1) is 7.11 Å². The lowest BCUT2D eigenvalue weighted by molar-refractivity contribution is -0.139. The van der Waals surface area contributed by atoms with Gasteiger partial charge in [-0.1, -0.05) is 12.1 Å². The fourth-order valence-corrected chi connectivity index (χ4v) is 1.44. The van der Waals surface area contributed by atoms with E-state index in [9.17, 15) is 4.79 Å². The van der Waals surface area contributed by atoms with Crippen molar-refractivity contribution in [3.63, 3.8) is 0 Å². The molecule has 0 spiro atoms. The summed E-state index contributed by atoms with van der Waals surface area (Å²) in [5.74, 6) is -0.0532. The standard InChI is InChI=1S/C12H17NO3/c1-8(13-9(2)12(14)15)10-4-6-11(16-3)7-5-10/h4-9,13H,1-3H3,(H,14,15)/t8-,9?/m0/s1. The van der Waals surface area contributed by atoms with Crippen LogP contribution in [0.15, 0.2) is 24.3 Å². The largest absolute Gasteiger partial charge is 0.497 e. The number of methoxy groups -OCH3 is 1. The molecule has 4 heteroatoms. The van der Waals surface area contributed by atoms with Crippen LogP contribution in [0.1, 0.15) is 25.5 Å². The fourth-order valence-electron chi connectivity index (χ4n) is 1.44. The van der Waals surface area contributed by atoms with E-state index in [4.69, 9.17) is 9.84 Å². The van der Waals surface area contributed by atoms with Crippen molar-refractivity contribution in [1.29, 1.82) is 0 Å². The lowest BCUT2D eigenvalue weighted by atomic mass is 10.1. The van der Waals surface area contributed by atoms with Gasteiger partial charge in [0.25, 0.3) is 0 Å². The van der Waals surface area contributed by atoms with E-state index in [0.29, 0.717) is 0 Å². The fraction of sp³-hybridized carbons (Fsp3) is 0.417. The summed E-state index contributed by atoms with van der Waals surface area (Å²) in [5, 5.41) is 11.8. The molecule has 0 radical (unpaired) electrons. The Labute approximate surface area is 95.2 Å². The topological polar surface area (TPSA) is 58.6 Å². The zero-order valence-electron chi connectivity index (χ0n) is 9.73. The number of hydrogen-bond acceptors (Lipinski definition) is 3. The van der Waals surface area contributed by atoms with Gasteiger partial charge >= 0.3 is 5.97 Å². The van der Waals surface area contributed by atoms with E-state index < -0.39 is 12.0 Å². The van der Waals surface area contributed by atoms with Gasteiger partial charge in [-0.15, -0.1) is 0 Å². The minimum atomic E-state index is -0.847. The molecule has 1 aromatic carbocycles. The molecule has 2 N–H and O–H groups in total. The molecule has 4 nitrogen and oxygen atoms in total. The van der Waals surface area contributed by atoms with E-state index in [2.05, 4.69) is 5.32 Å². The summed E-state index contributed by atoms with van der Waals surface area (Å²) in [6.07, 6.45) is 0. The second-order valence-corrected chi connectivity index (χ2v) is 3.72. The van der Waals surface area contributed by atoms with Crippen LogP contribution in [0.5, 0.6) is 5.75 Å². The average molecular weight is 223 g/mol. The highest BCUT2D eigenvalue weighted by Gasteiger charge is 2.14. The van der Waals surface area contributed by atoms with Crippen LogP contribution in [0.4, 0.5) is 0 Å². The molecular formula is C12H17NO3. The van der Waals surface area contributed by atoms with Crippen molar-refractivity contribution < 1.29 is 14.6 Å². The van der Waals surface area contributed by atoms with Gasteiger partial charge in [-0.25, -0.2) is 0 Å². The van der Waals surface area contributed by atoms with Crippen molar-refractivity contribution in [2.45, 2.75) is 25.9 Å². The predicted octanol–water partition coefficient (Wildman–Crippen LogP) is 1.82. The molecule has 0 saturated carbocycles. The van der Waals surface area contributed by atoms with Gasteiger partial charge in [-0.05, 0) is 31.5 Å². The van der Waals surface area contributed by atoms with Gasteiger partial charge in [-0.3, -0.25) is 10.1 Å². The molecule has 88 valence electrons. The smallest absolute Gasteiger partial charge is 0.320 e. The molecule has 0 aliphatic rings. The van der Waals surface area contributed by atoms with E-state index in [-0.39, 0.29) is 6.04 Å². The maximum absolute atomic E-state index is 10.7. The molecule has 0 saturated heterocycles. The Bertz CT molecular complexity index is 348. The molecule has 0 heterocycles. The molecule has 0 aromatic heterocycles. The van der Waals surface area contributed by atoms with Crippen LogP contribution in [-0.2, 0) is 4.79 Å². The number of hydrogen-bond donors (Lipinski definition) is 2. The number of carboxylic acids is 1. The molecule has 1 unspecified atom stereocenters. The summed E-state index contributed by atoms with van der Waals surface area (Å²) >= 11 is 0. The quantitative estimate of drug-likeness (QED) is 0.799. The van der Waals surface area contributed by atoms with Crippen molar-refractivity contribution in [1.82, 2.24) is 5.32 Å². The van der Waals surface area contributed by atoms with Crippen LogP contribution < -0.4 is 10.1 Å². The minimum Gasteiger partial charge on any atom is -0.497 e. The van der Waals surface area contributed by atoms with E-state index in [1.807, 2.05) is 31.2 Å². The van der Waals surface area contributed by atoms with Crippen molar-refractivity contribution in [3.05, 3.63) is 29.8 Å². The Balaban J connectivity index is 2.65. The van der Waals surface area contributed by atoms with Gasteiger partial charge in [0, 0.05) is 6.04 Å². The zero-order valence-corrected chi connectivity index (χ0v) is 9.73. The number of carbonyl (C=O) groups is 1. The monoisotopic (exact) mass is 223 g/mol. The van der Waals surface area contributed by atoms with Gasteiger partial charge < -0.3 is 9.84 Å². The van der Waals surface area contributed by atoms with Gasteiger partial charge in [0.2, 0.25) is 0 Å². The van der Waals surface area contributed by atoms with Gasteiger partial charge in [0.1, 0.15) is 11.8 Å². The molecule has 2 atom stereocenters. The number of aliphatic carboxylic acids is 1. The Kier molecular flexibility index (Phi) is 4.31. The van der Waals surface area contributed by atoms with Crippen molar-refractivity contribution in [2.75, 3.05) is 7.11 Å². The van der Waals surface area contributed by atoms with E-state index in [1.54, 1.807) is 14.0 Å². The summed E-state index contributed by atoms with van der Waals surface area (Å²) in [6.45, 7) is 3.56. The second kappa shape index (κ2) is 5.51. The third-order valence-corrected chi connectivity index (χ3v) is 2.49. The summed E-state index contributed by atoms with van der Waals surface area (Å²) in [7, 11) is 1.61. The van der Waals surface area contributed by atoms with Crippen LogP contribution in [0.25, 0.3) is 0 Å². The maximum atomic E-state index is 10.7. The highest BCUT2D eigenvalue weighted by Crippen LogP contribution is 2.17. The SMILES string of the molecule is COc1ccc([C@H](C)NC(C)C(=O)O)cc1. The van der Waals surface area contributed by atoms with Crippen LogP contribution in [-0.4, -0.2) is 24.2 Å². The normalized spacial score (nSPS) is 14.2. The third-order valence-electron chi connectivity index (χ3n) is 2.49. The van der Waals surface area contributed by atoms with Gasteiger partial charge in [0.15, 0.2) is 0 Å². The number of ether oxygens (including phenoxy) is 1. The first kappa shape index (κ1) is 12.5. The van der Waals surface area contributed by atoms with Crippen molar-refractivity contribution in [3.8, 4) is 5.75 Å². The van der Waals surface area contributed by atoms with E-state index in [1.165, 1.54) is 0 Å². The molecule has 0 aliphatic carbocycles. The molecule has 0 fully saturated rings. The lowest BCUT2D eigenvalue weighted by Crippen LogP contribution is -2.35. The van der Waals surface area contributed by atoms with Crippen LogP contribution >= 0.6 is 0 Å². The number of carboxylic acid groups (broad SMARTS) is 1. The molecule has 16 heavy (non-hydrogen) atoms. The lowest BCUT2D eigenvalue weighted by Gasteiger charge is -2.17. The molecular weight excluding hydrogens is 206 g/mol. The molecule has 1 rings (SSSR count). The summed E-state index contributed by atoms with van der Waals surface area (Å²) in [4.78, 5) is 10.7. The van der Waals surface area contributed by atoms with Gasteiger partial charge in [-0.2, -0.15) is 0 Å². The summed E-state index contributed by atoms with van der Waals surface area (Å²) in [5.41, 5.74) is 1.04. The van der Waals surface area contributed by atoms with Crippen LogP contribution in [0, 0.1) is 0 Å². The Hall–Kier alpha value is -1.55. The van der Waals surface area contributed by atoms with E-state index in [0.717, 1.165) is 11.3 Å². The van der Waals surface area contributed by atoms with Crippen LogP contribution in [0.3, 0.4) is 0 Å². The summed E-state index contributed by atoms with van der Waals surface area (Å²) in [6, 6.07) is 7.00. The maximum Gasteiger partial charge on any atom is 0.320 e. The number of benzene rings is 1. The predicted molar refractivity (Wildman–Crippen MR) is 61.6 cm³/mol. The Morgan fingerprint density at radius 2 is 1.88 bits per heavy atom. The van der Waals surface area contributed by atoms with Crippen LogP contribution in [0.2, 0.25) is 0 Å². The number of nitrogens with one attached hydrogen (secondary N) is 1. The molecule has 0 bridgehead atoms. The molecule has 0 aliphatic heterocycles. The Morgan fingerprint density at radius 3 is 2.31 bits per heavy atom. The third kappa shape index (κ3) is 3.24. The first-order chi connectivity index (χ1) is 7.54. The first-order valence-electron chi connectivity index (χ1n) is 5.17. The minimum absolute atomic E-state index is 0.00277.